The van der Waals surface area contributed by atoms with E-state index in [2.05, 4.69) is 4.98 Å². The van der Waals surface area contributed by atoms with Crippen molar-refractivity contribution in [2.24, 2.45) is 0 Å². The van der Waals surface area contributed by atoms with Crippen LogP contribution in [0.4, 0.5) is 43.9 Å². The first kappa shape index (κ1) is 19.0. The molecule has 0 radical (unpaired) electrons. The minimum atomic E-state index is -6.31. The first-order valence-corrected chi connectivity index (χ1v) is 6.03. The highest BCUT2D eigenvalue weighted by molar-refractivity contribution is 5.80. The third-order valence-corrected chi connectivity index (χ3v) is 3.07. The molecule has 0 bridgehead atoms. The fraction of sp³-hybridized carbons (Fsp3) is 0.333. The van der Waals surface area contributed by atoms with Crippen LogP contribution in [0.2, 0.25) is 0 Å². The molecule has 0 aromatic carbocycles. The summed E-state index contributed by atoms with van der Waals surface area (Å²) in [5.41, 5.74) is -7.03. The molecule has 3 nitrogen and oxygen atoms in total. The smallest absolute Gasteiger partial charge is 0.307 e. The monoisotopic (exact) mass is 382 g/mol. The number of aromatic amines is 1. The van der Waals surface area contributed by atoms with Crippen LogP contribution in [0.15, 0.2) is 23.0 Å². The van der Waals surface area contributed by atoms with Crippen molar-refractivity contribution in [2.45, 2.75) is 24.2 Å². The van der Waals surface area contributed by atoms with Crippen molar-refractivity contribution in [3.63, 3.8) is 0 Å². The van der Waals surface area contributed by atoms with Crippen LogP contribution in [0.5, 0.6) is 0 Å². The number of H-pyrrole nitrogens is 1. The Labute approximate surface area is 130 Å². The van der Waals surface area contributed by atoms with Crippen molar-refractivity contribution in [2.75, 3.05) is 0 Å². The molecule has 0 aliphatic heterocycles. The minimum absolute atomic E-state index is 0.408. The van der Waals surface area contributed by atoms with Gasteiger partial charge in [0.25, 0.3) is 0 Å². The molecule has 0 atom stereocenters. The molecule has 0 unspecified atom stereocenters. The summed E-state index contributed by atoms with van der Waals surface area (Å²) in [6.45, 7) is 0. The lowest BCUT2D eigenvalue weighted by molar-refractivity contribution is -0.293. The molecule has 1 N–H and O–H groups in total. The van der Waals surface area contributed by atoms with E-state index in [0.29, 0.717) is 12.1 Å². The number of hydrogen-bond donors (Lipinski definition) is 1. The van der Waals surface area contributed by atoms with Crippen molar-refractivity contribution in [3.8, 4) is 0 Å². The zero-order valence-electron chi connectivity index (χ0n) is 11.4. The van der Waals surface area contributed by atoms with Gasteiger partial charge in [0.05, 0.1) is 0 Å². The topological polar surface area (TPSA) is 45.8 Å². The lowest BCUT2D eigenvalue weighted by Crippen LogP contribution is -2.37. The summed E-state index contributed by atoms with van der Waals surface area (Å²) in [5.74, 6) is -11.6. The minimum Gasteiger partial charge on any atom is -0.307 e. The summed E-state index contributed by atoms with van der Waals surface area (Å²) in [6.07, 6.45) is -12.6. The number of rotatable bonds is 2. The number of halogens is 10. The molecule has 2 rings (SSSR count). The molecule has 0 amide bonds. The fourth-order valence-corrected chi connectivity index (χ4v) is 1.85. The van der Waals surface area contributed by atoms with Gasteiger partial charge in [-0.2, -0.15) is 43.9 Å². The Kier molecular flexibility index (Phi) is 4.05. The number of nitrogens with one attached hydrogen (secondary N) is 1. The van der Waals surface area contributed by atoms with Crippen LogP contribution < -0.4 is 5.56 Å². The summed E-state index contributed by atoms with van der Waals surface area (Å²) >= 11 is 0. The lowest BCUT2D eigenvalue weighted by atomic mass is 10.0. The third-order valence-electron chi connectivity index (χ3n) is 3.07. The SMILES string of the molecule is O=c1ccc2c(C(F)(F)C(F)(F)F)cc(C(F)(F)C(F)(F)F)nc2[nH]1. The molecule has 0 aliphatic carbocycles. The first-order valence-electron chi connectivity index (χ1n) is 6.03. The van der Waals surface area contributed by atoms with E-state index in [1.807, 2.05) is 0 Å². The summed E-state index contributed by atoms with van der Waals surface area (Å²) < 4.78 is 129. The van der Waals surface area contributed by atoms with Gasteiger partial charge >= 0.3 is 24.2 Å². The normalized spacial score (nSPS) is 14.2. The van der Waals surface area contributed by atoms with Gasteiger partial charge in [0.15, 0.2) is 0 Å². The highest BCUT2D eigenvalue weighted by Gasteiger charge is 2.63. The largest absolute Gasteiger partial charge is 0.459 e. The highest BCUT2D eigenvalue weighted by Crippen LogP contribution is 2.49. The maximum absolute atomic E-state index is 13.6. The molecular weight excluding hydrogens is 378 g/mol. The van der Waals surface area contributed by atoms with Gasteiger partial charge in [-0.05, 0) is 12.1 Å². The Balaban J connectivity index is 2.92. The Hall–Kier alpha value is -2.34. The molecule has 25 heavy (non-hydrogen) atoms. The first-order chi connectivity index (χ1) is 11.1. The van der Waals surface area contributed by atoms with E-state index in [0.717, 1.165) is 0 Å². The van der Waals surface area contributed by atoms with Crippen LogP contribution in [0.1, 0.15) is 11.3 Å². The van der Waals surface area contributed by atoms with Gasteiger partial charge in [-0.25, -0.2) is 4.98 Å². The number of nitrogens with zero attached hydrogens (tertiary/aromatic N) is 1. The Morgan fingerprint density at radius 1 is 0.800 bits per heavy atom. The van der Waals surface area contributed by atoms with Gasteiger partial charge in [0, 0.05) is 17.0 Å². The summed E-state index contributed by atoms with van der Waals surface area (Å²) in [5, 5.41) is -1.14. The van der Waals surface area contributed by atoms with E-state index in [1.165, 1.54) is 0 Å². The average molecular weight is 382 g/mol. The fourth-order valence-electron chi connectivity index (χ4n) is 1.85. The highest BCUT2D eigenvalue weighted by atomic mass is 19.4. The molecular formula is C12H4F10N2O. The van der Waals surface area contributed by atoms with Crippen molar-refractivity contribution >= 4 is 11.0 Å². The van der Waals surface area contributed by atoms with Crippen LogP contribution in [-0.2, 0) is 11.8 Å². The van der Waals surface area contributed by atoms with Gasteiger partial charge in [0.1, 0.15) is 11.3 Å². The van der Waals surface area contributed by atoms with Crippen molar-refractivity contribution < 1.29 is 43.9 Å². The van der Waals surface area contributed by atoms with Crippen LogP contribution >= 0.6 is 0 Å². The second-order valence-electron chi connectivity index (χ2n) is 4.78. The summed E-state index contributed by atoms with van der Waals surface area (Å²) in [4.78, 5) is 15.3. The second kappa shape index (κ2) is 5.33. The zero-order chi connectivity index (χ0) is 19.4. The van der Waals surface area contributed by atoms with Crippen molar-refractivity contribution in [1.82, 2.24) is 9.97 Å². The molecule has 0 saturated heterocycles. The van der Waals surface area contributed by atoms with Crippen LogP contribution in [0.3, 0.4) is 0 Å². The lowest BCUT2D eigenvalue weighted by Gasteiger charge is -2.24. The number of aromatic nitrogens is 2. The van der Waals surface area contributed by atoms with Crippen LogP contribution in [-0.4, -0.2) is 22.3 Å². The molecule has 138 valence electrons. The number of pyridine rings is 2. The number of fused-ring (bicyclic) bond motifs is 1. The predicted octanol–water partition coefficient (Wildman–Crippen LogP) is 4.23. The third kappa shape index (κ3) is 3.02. The molecule has 13 heteroatoms. The molecule has 0 aliphatic rings. The van der Waals surface area contributed by atoms with E-state index >= 15 is 0 Å². The van der Waals surface area contributed by atoms with Gasteiger partial charge in [0.2, 0.25) is 5.56 Å². The van der Waals surface area contributed by atoms with Crippen LogP contribution in [0.25, 0.3) is 11.0 Å². The Morgan fingerprint density at radius 3 is 1.80 bits per heavy atom. The molecule has 0 spiro atoms. The maximum atomic E-state index is 13.6. The molecule has 0 fully saturated rings. The van der Waals surface area contributed by atoms with Crippen LogP contribution in [0, 0.1) is 0 Å². The second-order valence-corrected chi connectivity index (χ2v) is 4.78. The maximum Gasteiger partial charge on any atom is 0.459 e. The molecule has 2 heterocycles. The van der Waals surface area contributed by atoms with Gasteiger partial charge in [-0.1, -0.05) is 0 Å². The standard InChI is InChI=1S/C12H4F10N2O/c13-9(14,11(17,18)19)5-3-6(10(15,16)12(20,21)22)23-8-4(5)1-2-7(25)24-8/h1-3H,(H,23,24,25). The summed E-state index contributed by atoms with van der Waals surface area (Å²) in [6, 6.07) is 0.217. The van der Waals surface area contributed by atoms with E-state index in [4.69, 9.17) is 0 Å². The quantitative estimate of drug-likeness (QED) is 0.791. The van der Waals surface area contributed by atoms with E-state index < -0.39 is 58.1 Å². The average Bonchev–Trinajstić information content (AvgIpc) is 2.43. The molecule has 0 saturated carbocycles. The van der Waals surface area contributed by atoms with Gasteiger partial charge < -0.3 is 4.98 Å². The Bertz CT molecular complexity index is 865. The van der Waals surface area contributed by atoms with Gasteiger partial charge in [-0.15, -0.1) is 0 Å². The van der Waals surface area contributed by atoms with E-state index in [1.54, 1.807) is 4.98 Å². The number of hydrogen-bond acceptors (Lipinski definition) is 2. The number of alkyl halides is 10. The Morgan fingerprint density at radius 2 is 1.32 bits per heavy atom. The van der Waals surface area contributed by atoms with Gasteiger partial charge in [-0.3, -0.25) is 4.79 Å². The van der Waals surface area contributed by atoms with Crippen molar-refractivity contribution in [3.05, 3.63) is 39.8 Å². The predicted molar refractivity (Wildman–Crippen MR) is 62.3 cm³/mol. The summed E-state index contributed by atoms with van der Waals surface area (Å²) in [7, 11) is 0. The molecule has 2 aromatic heterocycles. The zero-order valence-corrected chi connectivity index (χ0v) is 11.4. The molecule has 2 aromatic rings. The van der Waals surface area contributed by atoms with E-state index in [9.17, 15) is 48.7 Å². The van der Waals surface area contributed by atoms with Crippen molar-refractivity contribution in [1.29, 1.82) is 0 Å². The van der Waals surface area contributed by atoms with E-state index in [-0.39, 0.29) is 0 Å².